The van der Waals surface area contributed by atoms with Gasteiger partial charge in [-0.1, -0.05) is 6.07 Å². The van der Waals surface area contributed by atoms with Crippen molar-refractivity contribution in [2.45, 2.75) is 20.3 Å². The molecule has 0 aliphatic carbocycles. The molecule has 20 heavy (non-hydrogen) atoms. The number of carboxylic acids is 1. The van der Waals surface area contributed by atoms with E-state index in [9.17, 15) is 18.4 Å². The Morgan fingerprint density at radius 1 is 1.35 bits per heavy atom. The molecule has 1 aliphatic rings. The van der Waals surface area contributed by atoms with Crippen LogP contribution < -0.4 is 0 Å². The fraction of sp³-hybridized carbons (Fsp3) is 0.429. The fourth-order valence-corrected chi connectivity index (χ4v) is 2.32. The van der Waals surface area contributed by atoms with Crippen molar-refractivity contribution >= 4 is 11.9 Å². The number of amides is 1. The van der Waals surface area contributed by atoms with E-state index in [1.807, 2.05) is 0 Å². The summed E-state index contributed by atoms with van der Waals surface area (Å²) in [5.41, 5.74) is -1.50. The number of hydrogen-bond acceptors (Lipinski definition) is 2. The number of carbonyl (C=O) groups is 2. The molecule has 0 radical (unpaired) electrons. The molecule has 1 atom stereocenters. The predicted molar refractivity (Wildman–Crippen MR) is 67.4 cm³/mol. The van der Waals surface area contributed by atoms with E-state index in [2.05, 4.69) is 0 Å². The van der Waals surface area contributed by atoms with Gasteiger partial charge in [0, 0.05) is 13.1 Å². The van der Waals surface area contributed by atoms with E-state index in [1.54, 1.807) is 0 Å². The van der Waals surface area contributed by atoms with Crippen LogP contribution in [0.3, 0.4) is 0 Å². The van der Waals surface area contributed by atoms with E-state index >= 15 is 0 Å². The second-order valence-corrected chi connectivity index (χ2v) is 5.40. The number of halogens is 2. The lowest BCUT2D eigenvalue weighted by molar-refractivity contribution is -0.147. The number of aryl methyl sites for hydroxylation is 1. The maximum atomic E-state index is 13.9. The lowest BCUT2D eigenvalue weighted by Crippen LogP contribution is -2.35. The van der Waals surface area contributed by atoms with Crippen molar-refractivity contribution in [3.05, 3.63) is 34.9 Å². The highest BCUT2D eigenvalue weighted by atomic mass is 19.1. The first kappa shape index (κ1) is 14.4. The molecule has 1 amide bonds. The predicted octanol–water partition coefficient (Wildman–Crippen LogP) is 2.21. The number of aliphatic carboxylic acids is 1. The van der Waals surface area contributed by atoms with Gasteiger partial charge in [-0.05, 0) is 31.9 Å². The SMILES string of the molecule is Cc1ccc(F)c(C(=O)N2CCC(C)(C(=O)O)C2)c1F. The Labute approximate surface area is 115 Å². The smallest absolute Gasteiger partial charge is 0.311 e. The van der Waals surface area contributed by atoms with Gasteiger partial charge in [0.15, 0.2) is 0 Å². The highest BCUT2D eigenvalue weighted by Crippen LogP contribution is 2.31. The molecule has 1 fully saturated rings. The van der Waals surface area contributed by atoms with Gasteiger partial charge in [-0.15, -0.1) is 0 Å². The molecule has 0 saturated carbocycles. The normalized spacial score (nSPS) is 22.1. The third-order valence-corrected chi connectivity index (χ3v) is 3.77. The summed E-state index contributed by atoms with van der Waals surface area (Å²) in [5.74, 6) is -3.63. The van der Waals surface area contributed by atoms with Crippen LogP contribution in [0.15, 0.2) is 12.1 Å². The Bertz CT molecular complexity index is 588. The van der Waals surface area contributed by atoms with Crippen LogP contribution in [0.5, 0.6) is 0 Å². The largest absolute Gasteiger partial charge is 0.481 e. The van der Waals surface area contributed by atoms with Gasteiger partial charge < -0.3 is 10.0 Å². The van der Waals surface area contributed by atoms with E-state index in [4.69, 9.17) is 5.11 Å². The minimum Gasteiger partial charge on any atom is -0.481 e. The topological polar surface area (TPSA) is 57.6 Å². The van der Waals surface area contributed by atoms with Crippen LogP contribution in [0.4, 0.5) is 8.78 Å². The molecule has 4 nitrogen and oxygen atoms in total. The van der Waals surface area contributed by atoms with Crippen molar-refractivity contribution in [1.82, 2.24) is 4.90 Å². The molecular formula is C14H15F2NO3. The number of hydrogen-bond donors (Lipinski definition) is 1. The zero-order valence-corrected chi connectivity index (χ0v) is 11.2. The Hall–Kier alpha value is -1.98. The monoisotopic (exact) mass is 283 g/mol. The van der Waals surface area contributed by atoms with Crippen LogP contribution in [0.2, 0.25) is 0 Å². The summed E-state index contributed by atoms with van der Waals surface area (Å²) in [6, 6.07) is 2.30. The minimum atomic E-state index is -1.06. The standard InChI is InChI=1S/C14H15F2NO3/c1-8-3-4-9(15)10(11(8)16)12(18)17-6-5-14(2,7-17)13(19)20/h3-4H,5-7H2,1-2H3,(H,19,20). The lowest BCUT2D eigenvalue weighted by Gasteiger charge is -2.20. The second-order valence-electron chi connectivity index (χ2n) is 5.40. The summed E-state index contributed by atoms with van der Waals surface area (Å²) < 4.78 is 27.6. The summed E-state index contributed by atoms with van der Waals surface area (Å²) in [6.45, 7) is 3.09. The molecule has 0 aromatic heterocycles. The van der Waals surface area contributed by atoms with Gasteiger partial charge in [-0.3, -0.25) is 9.59 Å². The van der Waals surface area contributed by atoms with E-state index in [1.165, 1.54) is 24.8 Å². The van der Waals surface area contributed by atoms with E-state index in [0.717, 1.165) is 6.07 Å². The summed E-state index contributed by atoms with van der Waals surface area (Å²) in [7, 11) is 0. The van der Waals surface area contributed by atoms with Crippen LogP contribution in [0.25, 0.3) is 0 Å². The van der Waals surface area contributed by atoms with Crippen LogP contribution in [-0.2, 0) is 4.79 Å². The third-order valence-electron chi connectivity index (χ3n) is 3.77. The first-order chi connectivity index (χ1) is 9.26. The maximum absolute atomic E-state index is 13.9. The summed E-state index contributed by atoms with van der Waals surface area (Å²) in [5, 5.41) is 9.11. The molecule has 1 saturated heterocycles. The van der Waals surface area contributed by atoms with Crippen molar-refractivity contribution in [2.75, 3.05) is 13.1 Å². The van der Waals surface area contributed by atoms with Gasteiger partial charge in [-0.25, -0.2) is 8.78 Å². The molecule has 1 N–H and O–H groups in total. The molecular weight excluding hydrogens is 268 g/mol. The molecule has 1 aromatic rings. The minimum absolute atomic E-state index is 0.0476. The van der Waals surface area contributed by atoms with Crippen molar-refractivity contribution < 1.29 is 23.5 Å². The van der Waals surface area contributed by atoms with Gasteiger partial charge >= 0.3 is 5.97 Å². The van der Waals surface area contributed by atoms with Gasteiger partial charge in [0.1, 0.15) is 17.2 Å². The summed E-state index contributed by atoms with van der Waals surface area (Å²) >= 11 is 0. The molecule has 1 aromatic carbocycles. The van der Waals surface area contributed by atoms with E-state index in [0.29, 0.717) is 0 Å². The molecule has 2 rings (SSSR count). The second kappa shape index (κ2) is 4.85. The first-order valence-electron chi connectivity index (χ1n) is 6.23. The van der Waals surface area contributed by atoms with Crippen molar-refractivity contribution in [3.8, 4) is 0 Å². The number of benzene rings is 1. The highest BCUT2D eigenvalue weighted by molar-refractivity contribution is 5.95. The zero-order chi connectivity index (χ0) is 15.1. The Balaban J connectivity index is 2.31. The molecule has 6 heteroatoms. The average Bonchev–Trinajstić information content (AvgIpc) is 2.78. The average molecular weight is 283 g/mol. The summed E-state index contributed by atoms with van der Waals surface area (Å²) in [4.78, 5) is 24.5. The first-order valence-corrected chi connectivity index (χ1v) is 6.23. The highest BCUT2D eigenvalue weighted by Gasteiger charge is 2.43. The van der Waals surface area contributed by atoms with Gasteiger partial charge in [0.25, 0.3) is 5.91 Å². The van der Waals surface area contributed by atoms with Crippen molar-refractivity contribution in [3.63, 3.8) is 0 Å². The zero-order valence-electron chi connectivity index (χ0n) is 11.2. The molecule has 0 bridgehead atoms. The van der Waals surface area contributed by atoms with Crippen LogP contribution in [0, 0.1) is 24.0 Å². The maximum Gasteiger partial charge on any atom is 0.311 e. The van der Waals surface area contributed by atoms with Gasteiger partial charge in [0.2, 0.25) is 0 Å². The summed E-state index contributed by atoms with van der Waals surface area (Å²) in [6.07, 6.45) is 0.267. The van der Waals surface area contributed by atoms with Gasteiger partial charge in [-0.2, -0.15) is 0 Å². The Kier molecular flexibility index (Phi) is 3.50. The van der Waals surface area contributed by atoms with Crippen molar-refractivity contribution in [2.24, 2.45) is 5.41 Å². The Morgan fingerprint density at radius 3 is 2.55 bits per heavy atom. The van der Waals surface area contributed by atoms with E-state index < -0.39 is 34.5 Å². The number of carboxylic acid groups (broad SMARTS) is 1. The number of likely N-dealkylation sites (tertiary alicyclic amines) is 1. The molecule has 108 valence electrons. The number of nitrogens with zero attached hydrogens (tertiary/aromatic N) is 1. The van der Waals surface area contributed by atoms with Crippen molar-refractivity contribution in [1.29, 1.82) is 0 Å². The number of carbonyl (C=O) groups excluding carboxylic acids is 1. The molecule has 1 unspecified atom stereocenters. The number of rotatable bonds is 2. The quantitative estimate of drug-likeness (QED) is 0.905. The Morgan fingerprint density at radius 2 is 2.00 bits per heavy atom. The van der Waals surface area contributed by atoms with Crippen LogP contribution in [-0.4, -0.2) is 35.0 Å². The lowest BCUT2D eigenvalue weighted by atomic mass is 9.90. The van der Waals surface area contributed by atoms with Gasteiger partial charge in [0.05, 0.1) is 5.41 Å². The van der Waals surface area contributed by atoms with Crippen LogP contribution in [0.1, 0.15) is 29.3 Å². The van der Waals surface area contributed by atoms with E-state index in [-0.39, 0.29) is 25.1 Å². The third kappa shape index (κ3) is 2.26. The molecule has 1 aliphatic heterocycles. The molecule has 1 heterocycles. The fourth-order valence-electron chi connectivity index (χ4n) is 2.32. The van der Waals surface area contributed by atoms with Crippen LogP contribution >= 0.6 is 0 Å². The molecule has 0 spiro atoms.